The minimum absolute atomic E-state index is 0.597. The fourth-order valence-electron chi connectivity index (χ4n) is 9.01. The van der Waals surface area contributed by atoms with Crippen molar-refractivity contribution in [1.29, 1.82) is 0 Å². The fraction of sp³-hybridized carbons (Fsp3) is 0.0200. The molecule has 6 heteroatoms. The number of hydrogen-bond donors (Lipinski definition) is 0. The zero-order valence-electron chi connectivity index (χ0n) is 29.9. The molecule has 1 unspecified atom stereocenters. The first-order valence-electron chi connectivity index (χ1n) is 18.8. The van der Waals surface area contributed by atoms with Gasteiger partial charge >= 0.3 is 0 Å². The second-order valence-corrected chi connectivity index (χ2v) is 14.3. The minimum atomic E-state index is -0.927. The van der Waals surface area contributed by atoms with Crippen LogP contribution in [0.2, 0.25) is 0 Å². The smallest absolute Gasteiger partial charge is 0.164 e. The van der Waals surface area contributed by atoms with Crippen LogP contribution in [0.15, 0.2) is 192 Å². The summed E-state index contributed by atoms with van der Waals surface area (Å²) in [7, 11) is 0. The lowest BCUT2D eigenvalue weighted by molar-refractivity contribution is 0.346. The van der Waals surface area contributed by atoms with Gasteiger partial charge in [-0.25, -0.2) is 15.0 Å². The number of anilines is 2. The molecule has 0 fully saturated rings. The average Bonchev–Trinajstić information content (AvgIpc) is 3.90. The van der Waals surface area contributed by atoms with Gasteiger partial charge in [0.25, 0.3) is 0 Å². The number of para-hydroxylation sites is 4. The van der Waals surface area contributed by atoms with Crippen molar-refractivity contribution in [2.75, 3.05) is 4.90 Å². The van der Waals surface area contributed by atoms with Crippen molar-refractivity contribution in [3.05, 3.63) is 210 Å². The summed E-state index contributed by atoms with van der Waals surface area (Å²) in [6, 6.07) is 62.5. The Bertz CT molecular complexity index is 3010. The minimum Gasteiger partial charge on any atom is -0.459 e. The third-order valence-electron chi connectivity index (χ3n) is 11.3. The van der Waals surface area contributed by atoms with E-state index in [4.69, 9.17) is 24.1 Å². The molecule has 6 nitrogen and oxygen atoms in total. The summed E-state index contributed by atoms with van der Waals surface area (Å²) in [5.41, 5.74) is 10.9. The van der Waals surface area contributed by atoms with Gasteiger partial charge in [-0.2, -0.15) is 0 Å². The molecule has 1 aliphatic heterocycles. The highest BCUT2D eigenvalue weighted by atomic mass is 16.5. The number of hydrogen-bond acceptors (Lipinski definition) is 6. The Morgan fingerprint density at radius 2 is 1.05 bits per heavy atom. The van der Waals surface area contributed by atoms with Crippen molar-refractivity contribution in [2.45, 2.75) is 5.41 Å². The number of ether oxygens (including phenoxy) is 1. The van der Waals surface area contributed by atoms with E-state index in [1.807, 2.05) is 72.8 Å². The Kier molecular flexibility index (Phi) is 6.45. The highest BCUT2D eigenvalue weighted by Gasteiger charge is 2.61. The summed E-state index contributed by atoms with van der Waals surface area (Å²) in [6.45, 7) is 0. The molecule has 262 valence electrons. The van der Waals surface area contributed by atoms with Crippen molar-refractivity contribution in [1.82, 2.24) is 15.0 Å². The Hall–Kier alpha value is -7.57. The van der Waals surface area contributed by atoms with Crippen LogP contribution in [0.4, 0.5) is 11.4 Å². The van der Waals surface area contributed by atoms with E-state index in [9.17, 15) is 0 Å². The van der Waals surface area contributed by atoms with E-state index in [-0.39, 0.29) is 0 Å². The van der Waals surface area contributed by atoms with Crippen molar-refractivity contribution in [3.8, 4) is 51.0 Å². The Balaban J connectivity index is 1.19. The van der Waals surface area contributed by atoms with Gasteiger partial charge in [-0.1, -0.05) is 152 Å². The molecule has 0 saturated carbocycles. The van der Waals surface area contributed by atoms with Gasteiger partial charge in [0.15, 0.2) is 29.0 Å². The number of benzene rings is 7. The van der Waals surface area contributed by atoms with Crippen LogP contribution in [0.3, 0.4) is 0 Å². The number of allylic oxidation sites excluding steroid dienone is 1. The second-order valence-electron chi connectivity index (χ2n) is 14.3. The van der Waals surface area contributed by atoms with Gasteiger partial charge in [-0.3, -0.25) is 0 Å². The number of nitrogens with zero attached hydrogens (tertiary/aromatic N) is 4. The van der Waals surface area contributed by atoms with E-state index < -0.39 is 5.41 Å². The van der Waals surface area contributed by atoms with E-state index >= 15 is 0 Å². The molecule has 2 aliphatic carbocycles. The molecule has 9 aromatic rings. The molecule has 2 aromatic heterocycles. The van der Waals surface area contributed by atoms with Crippen molar-refractivity contribution in [2.24, 2.45) is 0 Å². The lowest BCUT2D eigenvalue weighted by atomic mass is 9.76. The number of rotatable bonds is 4. The molecular formula is C50H30N4O2. The van der Waals surface area contributed by atoms with Gasteiger partial charge in [0.05, 0.1) is 16.9 Å². The molecule has 12 rings (SSSR count). The van der Waals surface area contributed by atoms with E-state index in [1.165, 1.54) is 0 Å². The Morgan fingerprint density at radius 1 is 0.464 bits per heavy atom. The van der Waals surface area contributed by atoms with Gasteiger partial charge in [0.1, 0.15) is 16.8 Å². The molecular weight excluding hydrogens is 689 g/mol. The Morgan fingerprint density at radius 3 is 1.82 bits per heavy atom. The molecule has 1 atom stereocenters. The number of furan rings is 1. The van der Waals surface area contributed by atoms with E-state index in [0.717, 1.165) is 89.8 Å². The summed E-state index contributed by atoms with van der Waals surface area (Å²) in [5, 5.41) is 1.04. The number of aromatic nitrogens is 3. The predicted octanol–water partition coefficient (Wildman–Crippen LogP) is 11.8. The molecule has 0 saturated heterocycles. The van der Waals surface area contributed by atoms with Crippen LogP contribution in [0.1, 0.15) is 22.5 Å². The SMILES string of the molecule is c1ccc(-c2nc(-c3ccccc3)nc(-c3cccc4c3-c3ccccc3C43C4=C(c5c3oc3ccccc53)N(c3ccccc3)c3ccccc3O4)n2)cc1. The van der Waals surface area contributed by atoms with Crippen LogP contribution in [0.5, 0.6) is 5.75 Å². The van der Waals surface area contributed by atoms with Crippen LogP contribution in [0, 0.1) is 0 Å². The second kappa shape index (κ2) is 11.7. The Labute approximate surface area is 322 Å². The average molecular weight is 719 g/mol. The van der Waals surface area contributed by atoms with Crippen molar-refractivity contribution in [3.63, 3.8) is 0 Å². The largest absolute Gasteiger partial charge is 0.459 e. The molecule has 0 N–H and O–H groups in total. The van der Waals surface area contributed by atoms with Crippen molar-refractivity contribution < 1.29 is 9.15 Å². The summed E-state index contributed by atoms with van der Waals surface area (Å²) in [6.07, 6.45) is 0. The highest BCUT2D eigenvalue weighted by molar-refractivity contribution is 6.08. The molecule has 3 aliphatic rings. The van der Waals surface area contributed by atoms with Gasteiger partial charge in [-0.05, 0) is 52.6 Å². The molecule has 0 radical (unpaired) electrons. The first kappa shape index (κ1) is 30.8. The van der Waals surface area contributed by atoms with E-state index in [1.54, 1.807) is 0 Å². The molecule has 7 aromatic carbocycles. The summed E-state index contributed by atoms with van der Waals surface area (Å²) in [5.74, 6) is 4.26. The topological polar surface area (TPSA) is 64.3 Å². The molecule has 0 bridgehead atoms. The normalized spacial score (nSPS) is 16.0. The lowest BCUT2D eigenvalue weighted by Gasteiger charge is -2.36. The third kappa shape index (κ3) is 4.18. The van der Waals surface area contributed by atoms with Gasteiger partial charge in [-0.15, -0.1) is 0 Å². The van der Waals surface area contributed by atoms with Crippen LogP contribution in [-0.2, 0) is 5.41 Å². The van der Waals surface area contributed by atoms with Crippen LogP contribution < -0.4 is 9.64 Å². The van der Waals surface area contributed by atoms with E-state index in [2.05, 4.69) is 114 Å². The first-order valence-corrected chi connectivity index (χ1v) is 18.8. The molecule has 0 amide bonds. The predicted molar refractivity (Wildman–Crippen MR) is 220 cm³/mol. The summed E-state index contributed by atoms with van der Waals surface area (Å²) < 4.78 is 14.4. The highest BCUT2D eigenvalue weighted by Crippen LogP contribution is 2.67. The van der Waals surface area contributed by atoms with Crippen LogP contribution in [-0.4, -0.2) is 15.0 Å². The monoisotopic (exact) mass is 718 g/mol. The van der Waals surface area contributed by atoms with Crippen LogP contribution >= 0.6 is 0 Å². The zero-order valence-corrected chi connectivity index (χ0v) is 29.9. The summed E-state index contributed by atoms with van der Waals surface area (Å²) in [4.78, 5) is 17.8. The fourth-order valence-corrected chi connectivity index (χ4v) is 9.01. The summed E-state index contributed by atoms with van der Waals surface area (Å²) >= 11 is 0. The van der Waals surface area contributed by atoms with Gasteiger partial charge < -0.3 is 14.1 Å². The maximum absolute atomic E-state index is 7.29. The van der Waals surface area contributed by atoms with Gasteiger partial charge in [0, 0.05) is 27.8 Å². The molecule has 56 heavy (non-hydrogen) atoms. The zero-order chi connectivity index (χ0) is 36.8. The maximum atomic E-state index is 7.29. The molecule has 1 spiro atoms. The number of fused-ring (bicyclic) bond motifs is 12. The quantitative estimate of drug-likeness (QED) is 0.180. The van der Waals surface area contributed by atoms with Gasteiger partial charge in [0.2, 0.25) is 0 Å². The first-order chi connectivity index (χ1) is 27.8. The third-order valence-corrected chi connectivity index (χ3v) is 11.3. The van der Waals surface area contributed by atoms with Crippen LogP contribution in [0.25, 0.3) is 62.0 Å². The lowest BCUT2D eigenvalue weighted by Crippen LogP contribution is -2.32. The van der Waals surface area contributed by atoms with E-state index in [0.29, 0.717) is 17.5 Å². The molecule has 3 heterocycles. The van der Waals surface area contributed by atoms with Crippen molar-refractivity contribution >= 4 is 28.0 Å². The maximum Gasteiger partial charge on any atom is 0.164 e. The standard InChI is InChI=1S/C50H30N4O2/c1-4-17-31(18-5-1)47-51-48(32-19-6-2-7-20-32)53-49(52-47)36-25-16-27-38-42(36)34-23-10-12-26-37(34)50(38)45-43(35-24-11-14-29-40(35)55-45)44-46(50)56-41-30-15-13-28-39(41)54(44)33-21-8-3-9-22-33/h1-30H.